The monoisotopic (exact) mass is 385 g/mol. The van der Waals surface area contributed by atoms with Crippen LogP contribution in [0.15, 0.2) is 72.8 Å². The summed E-state index contributed by atoms with van der Waals surface area (Å²) >= 11 is 0. The highest BCUT2D eigenvalue weighted by Gasteiger charge is 2.08. The topological polar surface area (TPSA) is 22.1 Å². The molecule has 0 spiro atoms. The van der Waals surface area contributed by atoms with E-state index in [0.29, 0.717) is 0 Å². The Morgan fingerprint density at radius 1 is 0.793 bits per heavy atom. The smallest absolute Gasteiger partial charge is 0.123 e. The molecule has 0 unspecified atom stereocenters. The Balaban J connectivity index is 1.63. The molecule has 0 saturated heterocycles. The van der Waals surface area contributed by atoms with Crippen molar-refractivity contribution in [1.82, 2.24) is 4.98 Å². The summed E-state index contributed by atoms with van der Waals surface area (Å²) in [4.78, 5) is 4.75. The van der Waals surface area contributed by atoms with E-state index < -0.39 is 0 Å². The van der Waals surface area contributed by atoms with Gasteiger partial charge in [0.25, 0.3) is 0 Å². The summed E-state index contributed by atoms with van der Waals surface area (Å²) in [7, 11) is 0. The van der Waals surface area contributed by atoms with Crippen LogP contribution in [-0.4, -0.2) is 11.6 Å². The van der Waals surface area contributed by atoms with Crippen LogP contribution >= 0.6 is 0 Å². The van der Waals surface area contributed by atoms with Gasteiger partial charge >= 0.3 is 0 Å². The Bertz CT molecular complexity index is 1120. The minimum atomic E-state index is -0.225. The van der Waals surface area contributed by atoms with Crippen LogP contribution in [0.3, 0.4) is 0 Å². The second kappa shape index (κ2) is 8.44. The fourth-order valence-corrected chi connectivity index (χ4v) is 3.51. The van der Waals surface area contributed by atoms with E-state index in [0.717, 1.165) is 64.0 Å². The second-order valence-electron chi connectivity index (χ2n) is 7.13. The third-order valence-electron chi connectivity index (χ3n) is 5.08. The van der Waals surface area contributed by atoms with E-state index in [1.165, 1.54) is 6.07 Å². The molecule has 4 rings (SSSR count). The first-order valence-electron chi connectivity index (χ1n) is 10.1. The number of benzene rings is 3. The Morgan fingerprint density at radius 2 is 1.45 bits per heavy atom. The predicted molar refractivity (Wildman–Crippen MR) is 118 cm³/mol. The first kappa shape index (κ1) is 19.1. The van der Waals surface area contributed by atoms with Gasteiger partial charge in [-0.05, 0) is 65.9 Å². The van der Waals surface area contributed by atoms with Crippen molar-refractivity contribution < 1.29 is 9.13 Å². The van der Waals surface area contributed by atoms with Gasteiger partial charge in [-0.25, -0.2) is 9.37 Å². The van der Waals surface area contributed by atoms with Crippen LogP contribution in [0.5, 0.6) is 5.75 Å². The molecule has 0 saturated carbocycles. The number of hydrogen-bond acceptors (Lipinski definition) is 2. The molecule has 1 aromatic heterocycles. The number of fused-ring (bicyclic) bond motifs is 1. The lowest BCUT2D eigenvalue weighted by Crippen LogP contribution is -1.94. The van der Waals surface area contributed by atoms with Crippen LogP contribution in [0.4, 0.5) is 4.39 Å². The second-order valence-corrected chi connectivity index (χ2v) is 7.13. The molecule has 0 aliphatic carbocycles. The van der Waals surface area contributed by atoms with Crippen LogP contribution in [0.2, 0.25) is 0 Å². The predicted octanol–water partition coefficient (Wildman–Crippen LogP) is 7.06. The first-order valence-corrected chi connectivity index (χ1v) is 10.1. The molecule has 0 aliphatic heterocycles. The zero-order valence-corrected chi connectivity index (χ0v) is 16.8. The number of nitrogens with zero attached hydrogens (tertiary/aromatic N) is 1. The quantitative estimate of drug-likeness (QED) is 0.354. The molecule has 0 N–H and O–H groups in total. The molecule has 2 nitrogen and oxygen atoms in total. The van der Waals surface area contributed by atoms with Crippen LogP contribution < -0.4 is 4.74 Å². The minimum Gasteiger partial charge on any atom is -0.494 e. The first-order chi connectivity index (χ1) is 14.2. The lowest BCUT2D eigenvalue weighted by atomic mass is 10.00. The van der Waals surface area contributed by atoms with Gasteiger partial charge in [-0.1, -0.05) is 50.2 Å². The van der Waals surface area contributed by atoms with E-state index in [2.05, 4.69) is 56.3 Å². The number of ether oxygens (including phenoxy) is 1. The maximum absolute atomic E-state index is 13.6. The minimum absolute atomic E-state index is 0.225. The summed E-state index contributed by atoms with van der Waals surface area (Å²) in [5.41, 5.74) is 6.20. The van der Waals surface area contributed by atoms with Gasteiger partial charge in [-0.3, -0.25) is 0 Å². The molecule has 4 aromatic rings. The van der Waals surface area contributed by atoms with Crippen molar-refractivity contribution in [3.63, 3.8) is 0 Å². The third-order valence-corrected chi connectivity index (χ3v) is 5.08. The summed E-state index contributed by atoms with van der Waals surface area (Å²) in [5.74, 6) is 0.674. The van der Waals surface area contributed by atoms with Crippen LogP contribution in [0.1, 0.15) is 25.8 Å². The molecule has 1 heterocycles. The van der Waals surface area contributed by atoms with Crippen molar-refractivity contribution in [2.24, 2.45) is 0 Å². The number of aryl methyl sites for hydroxylation is 1. The molecule has 29 heavy (non-hydrogen) atoms. The van der Waals surface area contributed by atoms with Gasteiger partial charge in [0.05, 0.1) is 17.8 Å². The lowest BCUT2D eigenvalue weighted by molar-refractivity contribution is 0.317. The molecule has 146 valence electrons. The van der Waals surface area contributed by atoms with E-state index in [-0.39, 0.29) is 5.82 Å². The largest absolute Gasteiger partial charge is 0.494 e. The number of halogens is 1. The number of pyridine rings is 1. The van der Waals surface area contributed by atoms with Crippen LogP contribution in [-0.2, 0) is 6.42 Å². The van der Waals surface area contributed by atoms with Gasteiger partial charge in [-0.2, -0.15) is 0 Å². The third kappa shape index (κ3) is 4.14. The molecular formula is C26H24FNO. The fraction of sp³-hybridized carbons (Fsp3) is 0.192. The summed E-state index contributed by atoms with van der Waals surface area (Å²) in [5, 5.41) is 0.887. The lowest BCUT2D eigenvalue weighted by Gasteiger charge is -2.10. The Kier molecular flexibility index (Phi) is 5.57. The highest BCUT2D eigenvalue weighted by atomic mass is 19.1. The molecule has 0 fully saturated rings. The fourth-order valence-electron chi connectivity index (χ4n) is 3.51. The maximum atomic E-state index is 13.6. The zero-order valence-electron chi connectivity index (χ0n) is 16.8. The van der Waals surface area contributed by atoms with Gasteiger partial charge < -0.3 is 4.74 Å². The van der Waals surface area contributed by atoms with Crippen molar-refractivity contribution >= 4 is 10.9 Å². The van der Waals surface area contributed by atoms with E-state index in [9.17, 15) is 4.39 Å². The van der Waals surface area contributed by atoms with Crippen molar-refractivity contribution in [2.45, 2.75) is 26.7 Å². The Hall–Kier alpha value is -3.20. The van der Waals surface area contributed by atoms with Gasteiger partial charge in [-0.15, -0.1) is 0 Å². The van der Waals surface area contributed by atoms with E-state index in [1.807, 2.05) is 12.1 Å². The van der Waals surface area contributed by atoms with Gasteiger partial charge in [0.2, 0.25) is 0 Å². The van der Waals surface area contributed by atoms with Crippen molar-refractivity contribution in [2.75, 3.05) is 6.61 Å². The highest BCUT2D eigenvalue weighted by molar-refractivity contribution is 5.85. The molecule has 3 aromatic carbocycles. The molecule has 3 heteroatoms. The van der Waals surface area contributed by atoms with Crippen molar-refractivity contribution in [3.8, 4) is 28.1 Å². The summed E-state index contributed by atoms with van der Waals surface area (Å²) < 4.78 is 19.3. The molecule has 0 bridgehead atoms. The molecule has 0 radical (unpaired) electrons. The maximum Gasteiger partial charge on any atom is 0.123 e. The van der Waals surface area contributed by atoms with Crippen molar-refractivity contribution in [3.05, 3.63) is 84.2 Å². The number of rotatable bonds is 6. The Morgan fingerprint density at radius 3 is 2.10 bits per heavy atom. The summed E-state index contributed by atoms with van der Waals surface area (Å²) in [6.07, 6.45) is 1.83. The SMILES string of the molecule is CCCOc1ccc(-c2ccc(-c3cc(CC)c4cc(F)ccc4n3)cc2)cc1. The van der Waals surface area contributed by atoms with Gasteiger partial charge in [0.15, 0.2) is 0 Å². The highest BCUT2D eigenvalue weighted by Crippen LogP contribution is 2.29. The summed E-state index contributed by atoms with van der Waals surface area (Å²) in [6, 6.07) is 23.4. The molecule has 0 aliphatic rings. The normalized spacial score (nSPS) is 11.0. The molecule has 0 amide bonds. The Labute approximate surface area is 171 Å². The zero-order chi connectivity index (χ0) is 20.2. The van der Waals surface area contributed by atoms with Gasteiger partial charge in [0.1, 0.15) is 11.6 Å². The molecular weight excluding hydrogens is 361 g/mol. The van der Waals surface area contributed by atoms with E-state index in [1.54, 1.807) is 12.1 Å². The average molecular weight is 385 g/mol. The van der Waals surface area contributed by atoms with Gasteiger partial charge in [0, 0.05) is 10.9 Å². The number of hydrogen-bond donors (Lipinski definition) is 0. The van der Waals surface area contributed by atoms with Crippen LogP contribution in [0.25, 0.3) is 33.3 Å². The summed E-state index contributed by atoms with van der Waals surface area (Å²) in [6.45, 7) is 4.92. The number of aromatic nitrogens is 1. The van der Waals surface area contributed by atoms with E-state index in [4.69, 9.17) is 9.72 Å². The average Bonchev–Trinajstić information content (AvgIpc) is 2.77. The van der Waals surface area contributed by atoms with Crippen molar-refractivity contribution in [1.29, 1.82) is 0 Å². The van der Waals surface area contributed by atoms with E-state index >= 15 is 0 Å². The molecule has 0 atom stereocenters. The standard InChI is InChI=1S/C26H24FNO/c1-3-15-29-23-12-9-20(10-13-23)19-5-7-21(8-6-19)26-16-18(4-2)24-17-22(27)11-14-25(24)28-26/h5-14,16-17H,3-4,15H2,1-2H3. The van der Waals surface area contributed by atoms with Crippen LogP contribution in [0, 0.1) is 5.82 Å².